The molecule has 3 aliphatic rings. The van der Waals surface area contributed by atoms with Gasteiger partial charge in [-0.05, 0) is 80.6 Å². The van der Waals surface area contributed by atoms with Gasteiger partial charge in [-0.3, -0.25) is 9.88 Å². The van der Waals surface area contributed by atoms with Gasteiger partial charge in [0, 0.05) is 81.4 Å². The summed E-state index contributed by atoms with van der Waals surface area (Å²) in [5, 5.41) is 10.6. The van der Waals surface area contributed by atoms with Crippen molar-refractivity contribution in [2.24, 2.45) is 5.92 Å². The number of rotatable bonds is 3. The fourth-order valence-corrected chi connectivity index (χ4v) is 6.64. The second-order valence-corrected chi connectivity index (χ2v) is 12.9. The molecule has 6 rings (SSSR count). The van der Waals surface area contributed by atoms with Crippen LogP contribution in [0.25, 0.3) is 10.9 Å². The van der Waals surface area contributed by atoms with Crippen molar-refractivity contribution in [2.75, 3.05) is 49.1 Å². The Hall–Kier alpha value is -3.83. The maximum absolute atomic E-state index is 12.5. The summed E-state index contributed by atoms with van der Waals surface area (Å²) < 4.78 is 5.57. The number of hydrogen-bond donors (Lipinski definition) is 0. The maximum atomic E-state index is 12.5. The molecule has 8 heteroatoms. The molecule has 3 aromatic rings. The van der Waals surface area contributed by atoms with Gasteiger partial charge in [0.1, 0.15) is 11.7 Å². The third-order valence-corrected chi connectivity index (χ3v) is 8.60. The number of benzene rings is 2. The quantitative estimate of drug-likeness (QED) is 0.431. The zero-order valence-corrected chi connectivity index (χ0v) is 24.6. The Morgan fingerprint density at radius 3 is 2.54 bits per heavy atom. The Kier molecular flexibility index (Phi) is 7.25. The fourth-order valence-electron chi connectivity index (χ4n) is 6.64. The molecule has 1 aromatic heterocycles. The normalized spacial score (nSPS) is 21.6. The molecule has 2 fully saturated rings. The molecule has 0 radical (unpaired) electrons. The number of pyridine rings is 1. The standard InChI is InChI=1S/C33H40N6O2/c1-23-16-28(22-39(19-23)30-10-8-24(18-34)31-29(30)6-5-11-35-31)38-20-25-7-9-27(17-26(25)21-38)36-12-14-37(15-13-36)32(40)41-33(2,3)4/h5-11,17,23,28H,12-16,19-22H2,1-4H3/t23-,28+/m0/s1. The Balaban J connectivity index is 1.13. The minimum Gasteiger partial charge on any atom is -0.444 e. The van der Waals surface area contributed by atoms with Gasteiger partial charge in [0.15, 0.2) is 0 Å². The molecule has 0 saturated carbocycles. The smallest absolute Gasteiger partial charge is 0.410 e. The lowest BCUT2D eigenvalue weighted by molar-refractivity contribution is 0.0240. The van der Waals surface area contributed by atoms with Crippen molar-refractivity contribution < 1.29 is 9.53 Å². The molecule has 2 atom stereocenters. The molecule has 0 bridgehead atoms. The molecule has 8 nitrogen and oxygen atoms in total. The monoisotopic (exact) mass is 552 g/mol. The van der Waals surface area contributed by atoms with E-state index in [1.807, 2.05) is 37.8 Å². The summed E-state index contributed by atoms with van der Waals surface area (Å²) in [5.74, 6) is 0.566. The van der Waals surface area contributed by atoms with Crippen molar-refractivity contribution in [1.82, 2.24) is 14.8 Å². The van der Waals surface area contributed by atoms with Crippen molar-refractivity contribution in [3.8, 4) is 6.07 Å². The third kappa shape index (κ3) is 5.69. The Bertz CT molecular complexity index is 1480. The highest BCUT2D eigenvalue weighted by Crippen LogP contribution is 2.36. The predicted octanol–water partition coefficient (Wildman–Crippen LogP) is 5.39. The van der Waals surface area contributed by atoms with Gasteiger partial charge in [0.2, 0.25) is 0 Å². The lowest BCUT2D eigenvalue weighted by atomic mass is 9.93. The molecule has 0 N–H and O–H groups in total. The highest BCUT2D eigenvalue weighted by molar-refractivity contribution is 5.95. The second-order valence-electron chi connectivity index (χ2n) is 12.9. The predicted molar refractivity (Wildman–Crippen MR) is 162 cm³/mol. The van der Waals surface area contributed by atoms with E-state index in [9.17, 15) is 10.1 Å². The molecule has 0 spiro atoms. The van der Waals surface area contributed by atoms with Crippen LogP contribution >= 0.6 is 0 Å². The molecular formula is C33H40N6O2. The van der Waals surface area contributed by atoms with E-state index in [1.54, 1.807) is 6.20 Å². The zero-order valence-electron chi connectivity index (χ0n) is 24.6. The Morgan fingerprint density at radius 1 is 1.00 bits per heavy atom. The topological polar surface area (TPSA) is 75.9 Å². The summed E-state index contributed by atoms with van der Waals surface area (Å²) >= 11 is 0. The average Bonchev–Trinajstić information content (AvgIpc) is 3.39. The van der Waals surface area contributed by atoms with Gasteiger partial charge >= 0.3 is 6.09 Å². The van der Waals surface area contributed by atoms with Crippen LogP contribution in [0.1, 0.15) is 50.8 Å². The SMILES string of the molecule is C[C@H]1C[C@@H](N2Cc3ccc(N4CCN(C(=O)OC(C)(C)C)CC4)cc3C2)CN(c2ccc(C#N)c3ncccc23)C1. The number of carbonyl (C=O) groups is 1. The van der Waals surface area contributed by atoms with Crippen molar-refractivity contribution in [1.29, 1.82) is 5.26 Å². The number of nitrogens with zero attached hydrogens (tertiary/aromatic N) is 6. The zero-order chi connectivity index (χ0) is 28.7. The van der Waals surface area contributed by atoms with Crippen LogP contribution in [-0.4, -0.2) is 71.8 Å². The van der Waals surface area contributed by atoms with Crippen molar-refractivity contribution in [2.45, 2.75) is 58.8 Å². The molecular weight excluding hydrogens is 512 g/mol. The third-order valence-electron chi connectivity index (χ3n) is 8.60. The first kappa shape index (κ1) is 27.3. The van der Waals surface area contributed by atoms with Crippen LogP contribution in [0.3, 0.4) is 0 Å². The summed E-state index contributed by atoms with van der Waals surface area (Å²) in [6.07, 6.45) is 2.73. The number of amides is 1. The molecule has 3 aliphatic heterocycles. The number of nitriles is 1. The van der Waals surface area contributed by atoms with Crippen LogP contribution in [0, 0.1) is 17.2 Å². The number of ether oxygens (including phenoxy) is 1. The van der Waals surface area contributed by atoms with E-state index in [0.29, 0.717) is 30.6 Å². The summed E-state index contributed by atoms with van der Waals surface area (Å²) in [6.45, 7) is 15.0. The molecule has 0 aliphatic carbocycles. The number of anilines is 2. The number of hydrogen-bond acceptors (Lipinski definition) is 7. The van der Waals surface area contributed by atoms with Crippen LogP contribution in [-0.2, 0) is 17.8 Å². The van der Waals surface area contributed by atoms with Gasteiger partial charge in [-0.2, -0.15) is 5.26 Å². The first-order chi connectivity index (χ1) is 19.7. The van der Waals surface area contributed by atoms with Gasteiger partial charge in [-0.15, -0.1) is 0 Å². The minimum atomic E-state index is -0.472. The van der Waals surface area contributed by atoms with E-state index < -0.39 is 5.60 Å². The van der Waals surface area contributed by atoms with Gasteiger partial charge in [0.05, 0.1) is 11.1 Å². The summed E-state index contributed by atoms with van der Waals surface area (Å²) in [7, 11) is 0. The number of piperazine rings is 1. The first-order valence-corrected chi connectivity index (χ1v) is 14.8. The lowest BCUT2D eigenvalue weighted by Crippen LogP contribution is -2.50. The van der Waals surface area contributed by atoms with E-state index in [2.05, 4.69) is 63.0 Å². The fraction of sp³-hybridized carbons (Fsp3) is 0.485. The summed E-state index contributed by atoms with van der Waals surface area (Å²) in [6, 6.07) is 17.7. The summed E-state index contributed by atoms with van der Waals surface area (Å²) in [5.41, 5.74) is 6.19. The van der Waals surface area contributed by atoms with Gasteiger partial charge in [-0.1, -0.05) is 13.0 Å². The number of carbonyl (C=O) groups excluding carboxylic acids is 1. The van der Waals surface area contributed by atoms with Crippen LogP contribution < -0.4 is 9.80 Å². The largest absolute Gasteiger partial charge is 0.444 e. The highest BCUT2D eigenvalue weighted by atomic mass is 16.6. The van der Waals surface area contributed by atoms with E-state index in [0.717, 1.165) is 50.2 Å². The van der Waals surface area contributed by atoms with Crippen molar-refractivity contribution in [3.05, 3.63) is 65.4 Å². The molecule has 2 aromatic carbocycles. The van der Waals surface area contributed by atoms with Crippen LogP contribution in [0.5, 0.6) is 0 Å². The van der Waals surface area contributed by atoms with E-state index in [1.165, 1.54) is 28.9 Å². The maximum Gasteiger partial charge on any atom is 0.410 e. The minimum absolute atomic E-state index is 0.220. The summed E-state index contributed by atoms with van der Waals surface area (Å²) in [4.78, 5) is 26.4. The molecule has 214 valence electrons. The number of piperidine rings is 1. The molecule has 4 heterocycles. The number of aromatic nitrogens is 1. The van der Waals surface area contributed by atoms with Crippen LogP contribution in [0.15, 0.2) is 48.7 Å². The van der Waals surface area contributed by atoms with Gasteiger partial charge < -0.3 is 19.4 Å². The van der Waals surface area contributed by atoms with Gasteiger partial charge in [-0.25, -0.2) is 4.79 Å². The first-order valence-electron chi connectivity index (χ1n) is 14.8. The van der Waals surface area contributed by atoms with Crippen LogP contribution in [0.4, 0.5) is 16.2 Å². The highest BCUT2D eigenvalue weighted by Gasteiger charge is 2.34. The van der Waals surface area contributed by atoms with E-state index >= 15 is 0 Å². The second kappa shape index (κ2) is 10.9. The average molecular weight is 553 g/mol. The van der Waals surface area contributed by atoms with E-state index in [-0.39, 0.29) is 6.09 Å². The van der Waals surface area contributed by atoms with E-state index in [4.69, 9.17) is 4.74 Å². The Morgan fingerprint density at radius 2 is 1.78 bits per heavy atom. The van der Waals surface area contributed by atoms with Crippen molar-refractivity contribution >= 4 is 28.4 Å². The van der Waals surface area contributed by atoms with Crippen LogP contribution in [0.2, 0.25) is 0 Å². The van der Waals surface area contributed by atoms with Crippen molar-refractivity contribution in [3.63, 3.8) is 0 Å². The molecule has 41 heavy (non-hydrogen) atoms. The Labute approximate surface area is 243 Å². The number of fused-ring (bicyclic) bond motifs is 2. The molecule has 0 unspecified atom stereocenters. The van der Waals surface area contributed by atoms with Gasteiger partial charge in [0.25, 0.3) is 0 Å². The molecule has 1 amide bonds. The molecule has 2 saturated heterocycles. The lowest BCUT2D eigenvalue weighted by Gasteiger charge is -2.42.